The number of carbonyl (C=O) groups is 1. The van der Waals surface area contributed by atoms with Crippen LogP contribution >= 0.6 is 0 Å². The second-order valence-electron chi connectivity index (χ2n) is 4.99. The number of hydrogen-bond donors (Lipinski definition) is 1. The van der Waals surface area contributed by atoms with E-state index in [-0.39, 0.29) is 17.8 Å². The standard InChI is InChI=1S/C14H20N2O3/c1-15-6-7-19-13(10-15)14(18)16(2)9-11-4-3-5-12(17)8-11/h3-5,8,13,17H,6-7,9-10H2,1-2H3/t13-/m1/s1. The Labute approximate surface area is 113 Å². The van der Waals surface area contributed by atoms with Gasteiger partial charge < -0.3 is 19.6 Å². The molecule has 1 heterocycles. The van der Waals surface area contributed by atoms with Crippen molar-refractivity contribution in [3.05, 3.63) is 29.8 Å². The number of ether oxygens (including phenoxy) is 1. The molecule has 2 rings (SSSR count). The number of likely N-dealkylation sites (N-methyl/N-ethyl adjacent to an activating group) is 2. The predicted molar refractivity (Wildman–Crippen MR) is 71.8 cm³/mol. The van der Waals surface area contributed by atoms with Gasteiger partial charge in [-0.15, -0.1) is 0 Å². The van der Waals surface area contributed by atoms with Crippen LogP contribution in [-0.2, 0) is 16.1 Å². The Bertz CT molecular complexity index is 450. The molecule has 5 heteroatoms. The minimum atomic E-state index is -0.388. The van der Waals surface area contributed by atoms with E-state index in [2.05, 4.69) is 4.90 Å². The number of carbonyl (C=O) groups excluding carboxylic acids is 1. The van der Waals surface area contributed by atoms with Crippen molar-refractivity contribution >= 4 is 5.91 Å². The highest BCUT2D eigenvalue weighted by atomic mass is 16.5. The third-order valence-corrected chi connectivity index (χ3v) is 3.25. The van der Waals surface area contributed by atoms with Gasteiger partial charge in [-0.1, -0.05) is 12.1 Å². The van der Waals surface area contributed by atoms with Gasteiger partial charge in [-0.05, 0) is 24.7 Å². The van der Waals surface area contributed by atoms with Gasteiger partial charge in [0.25, 0.3) is 5.91 Å². The molecule has 1 aliphatic rings. The summed E-state index contributed by atoms with van der Waals surface area (Å²) in [7, 11) is 3.74. The zero-order valence-corrected chi connectivity index (χ0v) is 11.4. The van der Waals surface area contributed by atoms with E-state index in [1.165, 1.54) is 0 Å². The van der Waals surface area contributed by atoms with Crippen molar-refractivity contribution in [2.45, 2.75) is 12.6 Å². The molecule has 1 atom stereocenters. The van der Waals surface area contributed by atoms with E-state index in [4.69, 9.17) is 4.74 Å². The maximum atomic E-state index is 12.2. The normalized spacial score (nSPS) is 20.2. The van der Waals surface area contributed by atoms with E-state index in [0.717, 1.165) is 12.1 Å². The minimum Gasteiger partial charge on any atom is -0.508 e. The van der Waals surface area contributed by atoms with Gasteiger partial charge in [0.15, 0.2) is 0 Å². The Kier molecular flexibility index (Phi) is 4.39. The highest BCUT2D eigenvalue weighted by Gasteiger charge is 2.27. The maximum absolute atomic E-state index is 12.2. The van der Waals surface area contributed by atoms with Crippen molar-refractivity contribution in [1.82, 2.24) is 9.80 Å². The summed E-state index contributed by atoms with van der Waals surface area (Å²) in [5, 5.41) is 9.41. The van der Waals surface area contributed by atoms with Crippen LogP contribution in [0.1, 0.15) is 5.56 Å². The largest absolute Gasteiger partial charge is 0.508 e. The van der Waals surface area contributed by atoms with Gasteiger partial charge in [0.05, 0.1) is 6.61 Å². The molecule has 0 bridgehead atoms. The molecular weight excluding hydrogens is 244 g/mol. The van der Waals surface area contributed by atoms with E-state index in [9.17, 15) is 9.90 Å². The summed E-state index contributed by atoms with van der Waals surface area (Å²) in [6.07, 6.45) is -0.388. The first-order valence-electron chi connectivity index (χ1n) is 6.39. The first kappa shape index (κ1) is 13.8. The van der Waals surface area contributed by atoms with Crippen LogP contribution in [-0.4, -0.2) is 60.7 Å². The average Bonchev–Trinajstić information content (AvgIpc) is 2.38. The van der Waals surface area contributed by atoms with Crippen molar-refractivity contribution < 1.29 is 14.6 Å². The lowest BCUT2D eigenvalue weighted by Crippen LogP contribution is -2.48. The molecule has 1 N–H and O–H groups in total. The SMILES string of the molecule is CN1CCO[C@@H](C(=O)N(C)Cc2cccc(O)c2)C1. The number of phenols is 1. The molecule has 1 amide bonds. The van der Waals surface area contributed by atoms with E-state index >= 15 is 0 Å². The number of nitrogens with zero attached hydrogens (tertiary/aromatic N) is 2. The van der Waals surface area contributed by atoms with Gasteiger partial charge in [0.2, 0.25) is 0 Å². The lowest BCUT2D eigenvalue weighted by atomic mass is 10.2. The van der Waals surface area contributed by atoms with Crippen LogP contribution in [0.5, 0.6) is 5.75 Å². The van der Waals surface area contributed by atoms with Crippen LogP contribution in [0, 0.1) is 0 Å². The lowest BCUT2D eigenvalue weighted by molar-refractivity contribution is -0.148. The Morgan fingerprint density at radius 2 is 2.37 bits per heavy atom. The first-order chi connectivity index (χ1) is 9.06. The van der Waals surface area contributed by atoms with Gasteiger partial charge in [0.1, 0.15) is 11.9 Å². The summed E-state index contributed by atoms with van der Waals surface area (Å²) in [6, 6.07) is 6.94. The molecule has 1 saturated heterocycles. The molecule has 1 aromatic carbocycles. The molecule has 0 aliphatic carbocycles. The predicted octanol–water partition coefficient (Wildman–Crippen LogP) is 0.681. The second-order valence-corrected chi connectivity index (χ2v) is 4.99. The van der Waals surface area contributed by atoms with Crippen molar-refractivity contribution in [3.8, 4) is 5.75 Å². The van der Waals surface area contributed by atoms with E-state index in [1.54, 1.807) is 30.1 Å². The summed E-state index contributed by atoms with van der Waals surface area (Å²) < 4.78 is 5.51. The Hall–Kier alpha value is -1.59. The maximum Gasteiger partial charge on any atom is 0.253 e. The van der Waals surface area contributed by atoms with E-state index in [0.29, 0.717) is 19.7 Å². The molecule has 0 radical (unpaired) electrons. The molecule has 0 aromatic heterocycles. The molecule has 1 aromatic rings. The highest BCUT2D eigenvalue weighted by Crippen LogP contribution is 2.14. The zero-order valence-electron chi connectivity index (χ0n) is 11.4. The summed E-state index contributed by atoms with van der Waals surface area (Å²) in [6.45, 7) is 2.55. The zero-order chi connectivity index (χ0) is 13.8. The summed E-state index contributed by atoms with van der Waals surface area (Å²) in [4.78, 5) is 16.0. The molecule has 5 nitrogen and oxygen atoms in total. The number of hydrogen-bond acceptors (Lipinski definition) is 4. The fourth-order valence-electron chi connectivity index (χ4n) is 2.18. The van der Waals surface area contributed by atoms with Crippen molar-refractivity contribution in [2.75, 3.05) is 33.8 Å². The lowest BCUT2D eigenvalue weighted by Gasteiger charge is -2.31. The Morgan fingerprint density at radius 3 is 3.05 bits per heavy atom. The van der Waals surface area contributed by atoms with Gasteiger partial charge in [-0.3, -0.25) is 4.79 Å². The summed E-state index contributed by atoms with van der Waals surface area (Å²) in [5.41, 5.74) is 0.903. The average molecular weight is 264 g/mol. The molecule has 19 heavy (non-hydrogen) atoms. The number of amides is 1. The van der Waals surface area contributed by atoms with Gasteiger partial charge in [-0.25, -0.2) is 0 Å². The van der Waals surface area contributed by atoms with Gasteiger partial charge >= 0.3 is 0 Å². The molecule has 0 unspecified atom stereocenters. The third kappa shape index (κ3) is 3.68. The molecule has 1 aliphatic heterocycles. The van der Waals surface area contributed by atoms with Crippen LogP contribution < -0.4 is 0 Å². The minimum absolute atomic E-state index is 0.0186. The molecule has 1 fully saturated rings. The van der Waals surface area contributed by atoms with E-state index < -0.39 is 0 Å². The van der Waals surface area contributed by atoms with Crippen LogP contribution in [0.25, 0.3) is 0 Å². The fourth-order valence-corrected chi connectivity index (χ4v) is 2.18. The molecule has 104 valence electrons. The van der Waals surface area contributed by atoms with Gasteiger partial charge in [0, 0.05) is 26.7 Å². The molecule has 0 spiro atoms. The highest BCUT2D eigenvalue weighted by molar-refractivity contribution is 5.81. The first-order valence-corrected chi connectivity index (χ1v) is 6.39. The smallest absolute Gasteiger partial charge is 0.253 e. The van der Waals surface area contributed by atoms with Crippen LogP contribution in [0.4, 0.5) is 0 Å². The molecule has 0 saturated carbocycles. The second kappa shape index (κ2) is 6.04. The van der Waals surface area contributed by atoms with Crippen LogP contribution in [0.2, 0.25) is 0 Å². The number of morpholine rings is 1. The van der Waals surface area contributed by atoms with Crippen molar-refractivity contribution in [2.24, 2.45) is 0 Å². The van der Waals surface area contributed by atoms with Crippen molar-refractivity contribution in [3.63, 3.8) is 0 Å². The summed E-state index contributed by atoms with van der Waals surface area (Å²) >= 11 is 0. The van der Waals surface area contributed by atoms with E-state index in [1.807, 2.05) is 13.1 Å². The molecular formula is C14H20N2O3. The Balaban J connectivity index is 1.95. The number of rotatable bonds is 3. The number of aromatic hydroxyl groups is 1. The van der Waals surface area contributed by atoms with Crippen molar-refractivity contribution in [1.29, 1.82) is 0 Å². The summed E-state index contributed by atoms with van der Waals surface area (Å²) in [5.74, 6) is 0.196. The van der Waals surface area contributed by atoms with Crippen LogP contribution in [0.15, 0.2) is 24.3 Å². The third-order valence-electron chi connectivity index (χ3n) is 3.25. The fraction of sp³-hybridized carbons (Fsp3) is 0.500. The Morgan fingerprint density at radius 1 is 1.58 bits per heavy atom. The number of phenolic OH excluding ortho intramolecular Hbond substituents is 1. The topological polar surface area (TPSA) is 53.0 Å². The van der Waals surface area contributed by atoms with Gasteiger partial charge in [-0.2, -0.15) is 0 Å². The monoisotopic (exact) mass is 264 g/mol. The number of benzene rings is 1. The van der Waals surface area contributed by atoms with Crippen LogP contribution in [0.3, 0.4) is 0 Å². The quantitative estimate of drug-likeness (QED) is 0.872.